The molecule has 1 aliphatic carbocycles. The van der Waals surface area contributed by atoms with Gasteiger partial charge in [-0.25, -0.2) is 0 Å². The van der Waals surface area contributed by atoms with E-state index in [2.05, 4.69) is 5.32 Å². The Balaban J connectivity index is 1.37. The van der Waals surface area contributed by atoms with Crippen LogP contribution in [-0.2, 0) is 11.3 Å². The summed E-state index contributed by atoms with van der Waals surface area (Å²) in [6, 6.07) is 9.71. The maximum atomic E-state index is 12.5. The molecular weight excluding hydrogens is 306 g/mol. The molecule has 1 saturated heterocycles. The Labute approximate surface area is 140 Å². The predicted octanol–water partition coefficient (Wildman–Crippen LogP) is 3.07. The van der Waals surface area contributed by atoms with E-state index >= 15 is 0 Å². The van der Waals surface area contributed by atoms with Crippen LogP contribution in [0.25, 0.3) is 0 Å². The van der Waals surface area contributed by atoms with E-state index in [-0.39, 0.29) is 18.6 Å². The zero-order chi connectivity index (χ0) is 16.5. The Kier molecular flexibility index (Phi) is 4.02. The molecule has 1 amide bonds. The van der Waals surface area contributed by atoms with Gasteiger partial charge in [0.1, 0.15) is 12.4 Å². The lowest BCUT2D eigenvalue weighted by atomic mass is 9.76. The fourth-order valence-electron chi connectivity index (χ4n) is 3.45. The summed E-state index contributed by atoms with van der Waals surface area (Å²) in [5.41, 5.74) is 1.72. The van der Waals surface area contributed by atoms with Crippen LogP contribution in [-0.4, -0.2) is 24.7 Å². The second kappa shape index (κ2) is 6.32. The van der Waals surface area contributed by atoms with Crippen molar-refractivity contribution < 1.29 is 18.7 Å². The molecule has 1 aliphatic heterocycles. The average Bonchev–Trinajstić information content (AvgIpc) is 3.18. The molecule has 5 nitrogen and oxygen atoms in total. The van der Waals surface area contributed by atoms with Gasteiger partial charge < -0.3 is 19.2 Å². The van der Waals surface area contributed by atoms with Crippen molar-refractivity contribution >= 4 is 5.91 Å². The highest BCUT2D eigenvalue weighted by Crippen LogP contribution is 2.38. The molecule has 2 heterocycles. The SMILES string of the molecule is Cc1ccc(OCc2occc2C(=O)N[C@H]2C[C@@H]3OCC[C@H]23)cc1. The monoisotopic (exact) mass is 327 g/mol. The fourth-order valence-corrected chi connectivity index (χ4v) is 3.45. The number of amides is 1. The molecule has 2 aromatic rings. The minimum absolute atomic E-state index is 0.0957. The summed E-state index contributed by atoms with van der Waals surface area (Å²) in [6.45, 7) is 3.07. The highest BCUT2D eigenvalue weighted by Gasteiger charge is 2.45. The maximum Gasteiger partial charge on any atom is 0.255 e. The molecular formula is C19H21NO4. The van der Waals surface area contributed by atoms with Crippen molar-refractivity contribution in [1.29, 1.82) is 0 Å². The van der Waals surface area contributed by atoms with E-state index in [1.165, 1.54) is 11.8 Å². The van der Waals surface area contributed by atoms with Gasteiger partial charge in [0.2, 0.25) is 0 Å². The predicted molar refractivity (Wildman–Crippen MR) is 87.9 cm³/mol. The van der Waals surface area contributed by atoms with Crippen molar-refractivity contribution in [2.45, 2.75) is 38.5 Å². The van der Waals surface area contributed by atoms with Gasteiger partial charge in [-0.05, 0) is 38.0 Å². The summed E-state index contributed by atoms with van der Waals surface area (Å²) in [4.78, 5) is 12.5. The van der Waals surface area contributed by atoms with Crippen LogP contribution in [0.15, 0.2) is 41.0 Å². The highest BCUT2D eigenvalue weighted by molar-refractivity contribution is 5.95. The molecule has 0 radical (unpaired) electrons. The smallest absolute Gasteiger partial charge is 0.255 e. The maximum absolute atomic E-state index is 12.5. The van der Waals surface area contributed by atoms with Gasteiger partial charge in [-0.1, -0.05) is 17.7 Å². The minimum Gasteiger partial charge on any atom is -0.486 e. The van der Waals surface area contributed by atoms with Gasteiger partial charge in [-0.3, -0.25) is 4.79 Å². The first kappa shape index (κ1) is 15.3. The number of fused-ring (bicyclic) bond motifs is 1. The van der Waals surface area contributed by atoms with Crippen molar-refractivity contribution in [3.63, 3.8) is 0 Å². The highest BCUT2D eigenvalue weighted by atomic mass is 16.5. The summed E-state index contributed by atoms with van der Waals surface area (Å²) in [7, 11) is 0. The number of furan rings is 1. The fraction of sp³-hybridized carbons (Fsp3) is 0.421. The normalized spacial score (nSPS) is 25.0. The third-order valence-corrected chi connectivity index (χ3v) is 4.96. The molecule has 0 bridgehead atoms. The second-order valence-corrected chi connectivity index (χ2v) is 6.54. The summed E-state index contributed by atoms with van der Waals surface area (Å²) < 4.78 is 16.7. The van der Waals surface area contributed by atoms with Crippen LogP contribution in [0.2, 0.25) is 0 Å². The van der Waals surface area contributed by atoms with Gasteiger partial charge in [0.05, 0.1) is 17.9 Å². The first-order valence-electron chi connectivity index (χ1n) is 8.39. The van der Waals surface area contributed by atoms with E-state index in [0.717, 1.165) is 25.2 Å². The molecule has 1 aromatic heterocycles. The number of aryl methyl sites for hydroxylation is 1. The third kappa shape index (κ3) is 2.91. The number of rotatable bonds is 5. The van der Waals surface area contributed by atoms with Gasteiger partial charge in [-0.2, -0.15) is 0 Å². The van der Waals surface area contributed by atoms with Crippen LogP contribution in [0.1, 0.15) is 34.5 Å². The van der Waals surface area contributed by atoms with Crippen molar-refractivity contribution in [1.82, 2.24) is 5.32 Å². The molecule has 4 rings (SSSR count). The van der Waals surface area contributed by atoms with E-state index in [9.17, 15) is 4.79 Å². The molecule has 0 spiro atoms. The van der Waals surface area contributed by atoms with Crippen LogP contribution < -0.4 is 10.1 Å². The number of nitrogens with one attached hydrogen (secondary N) is 1. The summed E-state index contributed by atoms with van der Waals surface area (Å²) in [5, 5.41) is 3.10. The molecule has 24 heavy (non-hydrogen) atoms. The van der Waals surface area contributed by atoms with Gasteiger partial charge in [0, 0.05) is 18.6 Å². The van der Waals surface area contributed by atoms with Gasteiger partial charge in [0.25, 0.3) is 5.91 Å². The quantitative estimate of drug-likeness (QED) is 0.917. The zero-order valence-electron chi connectivity index (χ0n) is 13.7. The van der Waals surface area contributed by atoms with Crippen LogP contribution in [0, 0.1) is 12.8 Å². The Bertz CT molecular complexity index is 721. The topological polar surface area (TPSA) is 60.7 Å². The molecule has 0 unspecified atom stereocenters. The minimum atomic E-state index is -0.0957. The van der Waals surface area contributed by atoms with Crippen LogP contribution in [0.4, 0.5) is 0 Å². The van der Waals surface area contributed by atoms with Gasteiger partial charge in [-0.15, -0.1) is 0 Å². The molecule has 2 fully saturated rings. The standard InChI is InChI=1S/C19H21NO4/c1-12-2-4-13(5-3-12)24-11-18-15(7-9-23-18)19(21)20-16-10-17-14(16)6-8-22-17/h2-5,7,9,14,16-17H,6,8,10-11H2,1H3,(H,20,21)/t14-,16+,17+/m1/s1. The first-order valence-corrected chi connectivity index (χ1v) is 8.39. The Morgan fingerprint density at radius 3 is 2.92 bits per heavy atom. The molecule has 3 atom stereocenters. The van der Waals surface area contributed by atoms with Crippen molar-refractivity contribution in [2.75, 3.05) is 6.61 Å². The lowest BCUT2D eigenvalue weighted by Gasteiger charge is -2.39. The van der Waals surface area contributed by atoms with E-state index in [4.69, 9.17) is 13.9 Å². The second-order valence-electron chi connectivity index (χ2n) is 6.54. The number of carbonyl (C=O) groups excluding carboxylic acids is 1. The molecule has 126 valence electrons. The van der Waals surface area contributed by atoms with Crippen molar-refractivity contribution in [3.05, 3.63) is 53.5 Å². The molecule has 2 aliphatic rings. The summed E-state index contributed by atoms with van der Waals surface area (Å²) in [5.74, 6) is 1.68. The molecule has 1 saturated carbocycles. The van der Waals surface area contributed by atoms with Gasteiger partial charge in [0.15, 0.2) is 5.76 Å². The number of hydrogen-bond donors (Lipinski definition) is 1. The first-order chi connectivity index (χ1) is 11.7. The van der Waals surface area contributed by atoms with E-state index < -0.39 is 0 Å². The Morgan fingerprint density at radius 2 is 2.12 bits per heavy atom. The van der Waals surface area contributed by atoms with Crippen molar-refractivity contribution in [3.8, 4) is 5.75 Å². The Morgan fingerprint density at radius 1 is 1.29 bits per heavy atom. The van der Waals surface area contributed by atoms with Crippen LogP contribution in [0.5, 0.6) is 5.75 Å². The van der Waals surface area contributed by atoms with E-state index in [1.54, 1.807) is 6.07 Å². The largest absolute Gasteiger partial charge is 0.486 e. The van der Waals surface area contributed by atoms with E-state index in [1.807, 2.05) is 31.2 Å². The third-order valence-electron chi connectivity index (χ3n) is 4.96. The lowest BCUT2D eigenvalue weighted by molar-refractivity contribution is 0.00805. The summed E-state index contributed by atoms with van der Waals surface area (Å²) >= 11 is 0. The van der Waals surface area contributed by atoms with Crippen molar-refractivity contribution in [2.24, 2.45) is 5.92 Å². The van der Waals surface area contributed by atoms with E-state index in [0.29, 0.717) is 23.3 Å². The Hall–Kier alpha value is -2.27. The molecule has 1 N–H and O–H groups in total. The van der Waals surface area contributed by atoms with Crippen LogP contribution in [0.3, 0.4) is 0 Å². The number of carbonyl (C=O) groups is 1. The number of benzene rings is 1. The summed E-state index contributed by atoms with van der Waals surface area (Å²) in [6.07, 6.45) is 3.81. The molecule has 1 aromatic carbocycles. The van der Waals surface area contributed by atoms with Crippen LogP contribution >= 0.6 is 0 Å². The molecule has 5 heteroatoms. The number of hydrogen-bond acceptors (Lipinski definition) is 4. The lowest BCUT2D eigenvalue weighted by Crippen LogP contribution is -2.53. The van der Waals surface area contributed by atoms with Gasteiger partial charge >= 0.3 is 0 Å². The average molecular weight is 327 g/mol. The number of ether oxygens (including phenoxy) is 2. The zero-order valence-corrected chi connectivity index (χ0v) is 13.7.